The van der Waals surface area contributed by atoms with Gasteiger partial charge in [0.1, 0.15) is 11.4 Å². The summed E-state index contributed by atoms with van der Waals surface area (Å²) < 4.78 is 27.6. The number of anilines is 1. The number of fused-ring (bicyclic) bond motifs is 1. The van der Waals surface area contributed by atoms with Crippen LogP contribution < -0.4 is 29.5 Å². The van der Waals surface area contributed by atoms with E-state index in [1.165, 1.54) is 17.8 Å². The minimum atomic E-state index is -0.765. The largest absolute Gasteiger partial charge is 1.00 e. The fourth-order valence-electron chi connectivity index (χ4n) is 3.43. The number of hydrogen-bond donors (Lipinski definition) is 1. The van der Waals surface area contributed by atoms with Crippen molar-refractivity contribution in [1.82, 2.24) is 9.97 Å². The molecule has 4 rings (SSSR count). The Morgan fingerprint density at radius 3 is 2.58 bits per heavy atom. The molecule has 0 spiro atoms. The van der Waals surface area contributed by atoms with Crippen LogP contribution in [0.5, 0.6) is 0 Å². The van der Waals surface area contributed by atoms with Crippen molar-refractivity contribution in [1.29, 1.82) is 0 Å². The molecular formula is C16H16F2LiN5OS. The molecule has 10 heteroatoms. The first kappa shape index (κ1) is 20.6. The summed E-state index contributed by atoms with van der Waals surface area (Å²) in [4.78, 5) is 14.6. The van der Waals surface area contributed by atoms with Gasteiger partial charge in [0.15, 0.2) is 11.0 Å². The van der Waals surface area contributed by atoms with E-state index in [0.29, 0.717) is 29.8 Å². The first-order valence-corrected chi connectivity index (χ1v) is 8.53. The Labute approximate surface area is 165 Å². The summed E-state index contributed by atoms with van der Waals surface area (Å²) >= 11 is 1.47. The third-order valence-electron chi connectivity index (χ3n) is 4.52. The Morgan fingerprint density at radius 2 is 1.88 bits per heavy atom. The summed E-state index contributed by atoms with van der Waals surface area (Å²) in [5.41, 5.74) is 5.72. The predicted molar refractivity (Wildman–Crippen MR) is 91.8 cm³/mol. The van der Waals surface area contributed by atoms with E-state index in [1.54, 1.807) is 18.2 Å². The summed E-state index contributed by atoms with van der Waals surface area (Å²) in [5.74, 6) is 0.437. The van der Waals surface area contributed by atoms with Gasteiger partial charge in [-0.05, 0) is 6.07 Å². The van der Waals surface area contributed by atoms with E-state index < -0.39 is 11.4 Å². The predicted octanol–water partition coefficient (Wildman–Crippen LogP) is -1.02. The average Bonchev–Trinajstić information content (AvgIpc) is 2.95. The van der Waals surface area contributed by atoms with Gasteiger partial charge >= 0.3 is 18.9 Å². The fraction of sp³-hybridized carbons (Fsp3) is 0.312. The van der Waals surface area contributed by atoms with Crippen molar-refractivity contribution in [2.45, 2.75) is 5.54 Å². The van der Waals surface area contributed by atoms with Gasteiger partial charge in [-0.25, -0.2) is 23.7 Å². The number of halogens is 2. The van der Waals surface area contributed by atoms with Crippen LogP contribution in [-0.2, 0) is 5.54 Å². The summed E-state index contributed by atoms with van der Waals surface area (Å²) in [6, 6.07) is 6.65. The van der Waals surface area contributed by atoms with Crippen molar-refractivity contribution in [3.05, 3.63) is 53.9 Å². The van der Waals surface area contributed by atoms with E-state index >= 15 is 0 Å². The molecule has 132 valence electrons. The molecule has 0 aliphatic carbocycles. The molecular weight excluding hydrogens is 355 g/mol. The third kappa shape index (κ3) is 3.44. The molecule has 1 saturated heterocycles. The summed E-state index contributed by atoms with van der Waals surface area (Å²) in [7, 11) is 0. The second kappa shape index (κ2) is 7.92. The average molecular weight is 371 g/mol. The topological polar surface area (TPSA) is 97.4 Å². The van der Waals surface area contributed by atoms with Crippen LogP contribution in [0.1, 0.15) is 5.56 Å². The van der Waals surface area contributed by atoms with E-state index in [4.69, 9.17) is 5.73 Å². The third-order valence-corrected chi connectivity index (χ3v) is 5.48. The SMILES string of the molecule is NC1=N[C@@]2(c3ccccc3F)CN(c3ncc(F)cn3)C[C@H]2CS1.[Li+].[OH-]. The molecule has 2 aliphatic rings. The van der Waals surface area contributed by atoms with Crippen molar-refractivity contribution in [2.75, 3.05) is 23.7 Å². The van der Waals surface area contributed by atoms with Gasteiger partial charge in [-0.15, -0.1) is 0 Å². The molecule has 26 heavy (non-hydrogen) atoms. The molecule has 3 N–H and O–H groups in total. The number of rotatable bonds is 2. The molecule has 3 heterocycles. The maximum Gasteiger partial charge on any atom is 1.00 e. The van der Waals surface area contributed by atoms with Gasteiger partial charge in [-0.2, -0.15) is 0 Å². The van der Waals surface area contributed by atoms with Gasteiger partial charge in [0, 0.05) is 23.8 Å². The second-order valence-electron chi connectivity index (χ2n) is 5.94. The van der Waals surface area contributed by atoms with Gasteiger partial charge in [-0.3, -0.25) is 0 Å². The van der Waals surface area contributed by atoms with Crippen LogP contribution in [0.25, 0.3) is 0 Å². The van der Waals surface area contributed by atoms with E-state index in [9.17, 15) is 8.78 Å². The number of nitrogens with zero attached hydrogens (tertiary/aromatic N) is 4. The maximum absolute atomic E-state index is 14.5. The molecule has 6 nitrogen and oxygen atoms in total. The van der Waals surface area contributed by atoms with Crippen LogP contribution in [0.2, 0.25) is 0 Å². The van der Waals surface area contributed by atoms with Crippen molar-refractivity contribution in [3.63, 3.8) is 0 Å². The Kier molecular flexibility index (Phi) is 6.29. The van der Waals surface area contributed by atoms with Gasteiger partial charge in [0.05, 0.1) is 18.9 Å². The number of nitrogens with two attached hydrogens (primary N) is 1. The molecule has 2 aliphatic heterocycles. The Hall–Kier alpha value is -1.66. The van der Waals surface area contributed by atoms with Crippen LogP contribution in [0.15, 0.2) is 41.7 Å². The maximum atomic E-state index is 14.5. The smallest absolute Gasteiger partial charge is 0.870 e. The van der Waals surface area contributed by atoms with Gasteiger partial charge < -0.3 is 16.1 Å². The van der Waals surface area contributed by atoms with Crippen molar-refractivity contribution in [2.24, 2.45) is 16.6 Å². The van der Waals surface area contributed by atoms with Crippen LogP contribution in [0, 0.1) is 17.6 Å². The Balaban J connectivity index is 0.00000121. The van der Waals surface area contributed by atoms with Crippen LogP contribution >= 0.6 is 11.8 Å². The normalized spacial score (nSPS) is 24.2. The quantitative estimate of drug-likeness (QED) is 0.679. The van der Waals surface area contributed by atoms with E-state index in [2.05, 4.69) is 15.0 Å². The standard InChI is InChI=1S/C16H15F2N5S.Li.H2O/c17-11-5-20-15(21-6-11)23-7-10-8-24-14(19)22-16(10,9-23)12-3-1-2-4-13(12)18;;/h1-6,10H,7-9H2,(H2,19,22);;1H2/q;+1;/p-1/t10-,16-;;/m0../s1. The molecule has 2 aromatic rings. The monoisotopic (exact) mass is 371 g/mol. The summed E-state index contributed by atoms with van der Waals surface area (Å²) in [5, 5.41) is 0.455. The van der Waals surface area contributed by atoms with E-state index in [1.807, 2.05) is 4.90 Å². The molecule has 0 radical (unpaired) electrons. The molecule has 0 amide bonds. The number of amidine groups is 1. The molecule has 0 bridgehead atoms. The fourth-order valence-corrected chi connectivity index (χ4v) is 4.41. The minimum absolute atomic E-state index is 0. The van der Waals surface area contributed by atoms with Crippen LogP contribution in [0.4, 0.5) is 14.7 Å². The van der Waals surface area contributed by atoms with Gasteiger partial charge in [0.25, 0.3) is 0 Å². The van der Waals surface area contributed by atoms with Crippen molar-refractivity contribution in [3.8, 4) is 0 Å². The number of aromatic nitrogens is 2. The zero-order chi connectivity index (χ0) is 16.7. The number of aliphatic imine (C=N–C) groups is 1. The number of hydrogen-bond acceptors (Lipinski definition) is 7. The van der Waals surface area contributed by atoms with Gasteiger partial charge in [-0.1, -0.05) is 30.0 Å². The van der Waals surface area contributed by atoms with Gasteiger partial charge in [0.2, 0.25) is 5.95 Å². The molecule has 1 aromatic carbocycles. The zero-order valence-corrected chi connectivity index (χ0v) is 15.0. The number of thioether (sulfide) groups is 1. The minimum Gasteiger partial charge on any atom is -0.870 e. The van der Waals surface area contributed by atoms with Crippen LogP contribution in [-0.4, -0.2) is 39.5 Å². The first-order chi connectivity index (χ1) is 11.6. The molecule has 2 atom stereocenters. The first-order valence-electron chi connectivity index (χ1n) is 7.54. The molecule has 0 saturated carbocycles. The van der Waals surface area contributed by atoms with Crippen molar-refractivity contribution >= 4 is 22.9 Å². The second-order valence-corrected chi connectivity index (χ2v) is 6.98. The van der Waals surface area contributed by atoms with E-state index in [-0.39, 0.29) is 36.1 Å². The Morgan fingerprint density at radius 1 is 1.19 bits per heavy atom. The summed E-state index contributed by atoms with van der Waals surface area (Å²) in [6.45, 7) is 1.02. The van der Waals surface area contributed by atoms with Crippen molar-refractivity contribution < 1.29 is 33.1 Å². The molecule has 1 fully saturated rings. The van der Waals surface area contributed by atoms with E-state index in [0.717, 1.165) is 18.1 Å². The Bertz CT molecular complexity index is 809. The van der Waals surface area contributed by atoms with Crippen LogP contribution in [0.3, 0.4) is 0 Å². The molecule has 0 unspecified atom stereocenters. The number of benzene rings is 1. The zero-order valence-electron chi connectivity index (χ0n) is 14.1. The molecule has 1 aromatic heterocycles. The summed E-state index contributed by atoms with van der Waals surface area (Å²) in [6.07, 6.45) is 2.26.